The molecule has 0 atom stereocenters. The van der Waals surface area contributed by atoms with E-state index in [9.17, 15) is 9.90 Å². The molecule has 1 saturated carbocycles. The third-order valence-corrected chi connectivity index (χ3v) is 1.35. The second-order valence-electron chi connectivity index (χ2n) is 1.92. The predicted molar refractivity (Wildman–Crippen MR) is 26.9 cm³/mol. The van der Waals surface area contributed by atoms with E-state index in [1.807, 2.05) is 0 Å². The van der Waals surface area contributed by atoms with Gasteiger partial charge < -0.3 is 5.11 Å². The van der Waals surface area contributed by atoms with E-state index in [0.717, 1.165) is 6.42 Å². The van der Waals surface area contributed by atoms with E-state index < -0.39 is 0 Å². The first kappa shape index (κ1) is 9.21. The maximum absolute atomic E-state index is 10.5. The first-order valence-electron chi connectivity index (χ1n) is 2.69. The molecular weight excluding hydrogens is 127 g/mol. The Hall–Kier alpha value is 0.210. The molecule has 2 nitrogen and oxygen atoms in total. The molecule has 0 spiro atoms. The van der Waals surface area contributed by atoms with Crippen LogP contribution in [0, 0.1) is 0 Å². The smallest absolute Gasteiger partial charge is 0.878 e. The van der Waals surface area contributed by atoms with Crippen molar-refractivity contribution in [2.45, 2.75) is 19.3 Å². The summed E-state index contributed by atoms with van der Waals surface area (Å²) in [6.45, 7) is 0. The molecule has 1 aliphatic carbocycles. The van der Waals surface area contributed by atoms with Gasteiger partial charge in [0.1, 0.15) is 0 Å². The van der Waals surface area contributed by atoms with Crippen molar-refractivity contribution in [2.75, 3.05) is 0 Å². The number of ketones is 1. The summed E-state index contributed by atoms with van der Waals surface area (Å²) in [5, 5.41) is 9.96. The standard InChI is InChI=1S/C6H8O2.Na/c7-4-5-2-1-3-6(5)8;/h4,7H,1-3H2;/q;+1/p-1. The number of allylic oxidation sites excluding steroid dienone is 1. The first-order valence-corrected chi connectivity index (χ1v) is 2.69. The summed E-state index contributed by atoms with van der Waals surface area (Å²) in [4.78, 5) is 10.5. The van der Waals surface area contributed by atoms with Crippen LogP contribution in [0.1, 0.15) is 19.3 Å². The maximum atomic E-state index is 10.5. The molecule has 44 valence electrons. The molecule has 3 heteroatoms. The summed E-state index contributed by atoms with van der Waals surface area (Å²) in [6, 6.07) is 0. The fourth-order valence-electron chi connectivity index (χ4n) is 0.864. The van der Waals surface area contributed by atoms with Gasteiger partial charge >= 0.3 is 29.6 Å². The van der Waals surface area contributed by atoms with E-state index in [2.05, 4.69) is 0 Å². The molecular formula is C6H7NaO2. The predicted octanol–water partition coefficient (Wildman–Crippen LogP) is -3.01. The van der Waals surface area contributed by atoms with E-state index in [1.165, 1.54) is 0 Å². The quantitative estimate of drug-likeness (QED) is 0.201. The van der Waals surface area contributed by atoms with E-state index in [0.29, 0.717) is 24.7 Å². The van der Waals surface area contributed by atoms with Gasteiger partial charge in [0, 0.05) is 6.42 Å². The monoisotopic (exact) mass is 134 g/mol. The Labute approximate surface area is 76.2 Å². The summed E-state index contributed by atoms with van der Waals surface area (Å²) in [5.41, 5.74) is 0.477. The van der Waals surface area contributed by atoms with Gasteiger partial charge in [-0.15, -0.1) is 6.26 Å². The minimum atomic E-state index is 0. The van der Waals surface area contributed by atoms with Crippen LogP contribution < -0.4 is 34.7 Å². The molecule has 1 aliphatic rings. The van der Waals surface area contributed by atoms with Crippen LogP contribution in [0.25, 0.3) is 0 Å². The van der Waals surface area contributed by atoms with Crippen LogP contribution in [-0.2, 0) is 4.79 Å². The van der Waals surface area contributed by atoms with Gasteiger partial charge in [0.15, 0.2) is 5.78 Å². The normalized spacial score (nSPS) is 22.2. The Kier molecular flexibility index (Phi) is 4.19. The van der Waals surface area contributed by atoms with Gasteiger partial charge in [0.2, 0.25) is 0 Å². The third-order valence-electron chi connectivity index (χ3n) is 1.35. The molecule has 0 heterocycles. The molecule has 0 saturated heterocycles. The molecule has 1 rings (SSSR count). The zero-order valence-corrected chi connectivity index (χ0v) is 7.52. The van der Waals surface area contributed by atoms with Gasteiger partial charge in [-0.3, -0.25) is 4.79 Å². The molecule has 0 aromatic carbocycles. The van der Waals surface area contributed by atoms with Crippen molar-refractivity contribution in [3.63, 3.8) is 0 Å². The van der Waals surface area contributed by atoms with Crippen molar-refractivity contribution in [1.82, 2.24) is 0 Å². The van der Waals surface area contributed by atoms with Crippen molar-refractivity contribution in [2.24, 2.45) is 0 Å². The molecule has 0 amide bonds. The summed E-state index contributed by atoms with van der Waals surface area (Å²) in [7, 11) is 0. The van der Waals surface area contributed by atoms with E-state index in [1.54, 1.807) is 0 Å². The van der Waals surface area contributed by atoms with Crippen LogP contribution in [0.3, 0.4) is 0 Å². The number of rotatable bonds is 0. The second-order valence-corrected chi connectivity index (χ2v) is 1.92. The van der Waals surface area contributed by atoms with Crippen LogP contribution in [0.15, 0.2) is 11.8 Å². The molecule has 1 fully saturated rings. The summed E-state index contributed by atoms with van der Waals surface area (Å²) in [5.74, 6) is 0.0417. The van der Waals surface area contributed by atoms with E-state index >= 15 is 0 Å². The molecule has 0 aromatic heterocycles. The summed E-state index contributed by atoms with van der Waals surface area (Å²) >= 11 is 0. The molecule has 0 radical (unpaired) electrons. The fraction of sp³-hybridized carbons (Fsp3) is 0.500. The van der Waals surface area contributed by atoms with Crippen LogP contribution >= 0.6 is 0 Å². The Morgan fingerprint density at radius 2 is 2.11 bits per heavy atom. The number of hydrogen-bond acceptors (Lipinski definition) is 2. The largest absolute Gasteiger partial charge is 1.00 e. The number of carbonyl (C=O) groups is 1. The molecule has 0 aromatic rings. The van der Waals surface area contributed by atoms with Gasteiger partial charge in [0.25, 0.3) is 0 Å². The average Bonchev–Trinajstić information content (AvgIpc) is 2.14. The van der Waals surface area contributed by atoms with Crippen LogP contribution in [0.4, 0.5) is 0 Å². The van der Waals surface area contributed by atoms with E-state index in [4.69, 9.17) is 0 Å². The number of hydrogen-bond donors (Lipinski definition) is 0. The van der Waals surface area contributed by atoms with Crippen molar-refractivity contribution in [1.29, 1.82) is 0 Å². The zero-order valence-electron chi connectivity index (χ0n) is 5.52. The topological polar surface area (TPSA) is 40.1 Å². The van der Waals surface area contributed by atoms with E-state index in [-0.39, 0.29) is 35.3 Å². The van der Waals surface area contributed by atoms with Gasteiger partial charge in [-0.1, -0.05) is 0 Å². The van der Waals surface area contributed by atoms with Crippen molar-refractivity contribution in [3.8, 4) is 0 Å². The maximum Gasteiger partial charge on any atom is 1.00 e. The van der Waals surface area contributed by atoms with Gasteiger partial charge in [-0.05, 0) is 18.4 Å². The Balaban J connectivity index is 0.000000640. The minimum absolute atomic E-state index is 0. The van der Waals surface area contributed by atoms with Crippen LogP contribution in [-0.4, -0.2) is 5.78 Å². The molecule has 0 aliphatic heterocycles. The summed E-state index contributed by atoms with van der Waals surface area (Å²) < 4.78 is 0. The summed E-state index contributed by atoms with van der Waals surface area (Å²) in [6.07, 6.45) is 2.82. The van der Waals surface area contributed by atoms with Crippen molar-refractivity contribution >= 4 is 5.78 Å². The Bertz CT molecular complexity index is 140. The zero-order chi connectivity index (χ0) is 5.98. The minimum Gasteiger partial charge on any atom is -0.878 e. The molecule has 0 bridgehead atoms. The SMILES string of the molecule is O=C1CCCC1=C[O-].[Na+]. The fourth-order valence-corrected chi connectivity index (χ4v) is 0.864. The molecule has 0 unspecified atom stereocenters. The molecule has 0 N–H and O–H groups in total. The average molecular weight is 134 g/mol. The first-order chi connectivity index (χ1) is 3.84. The van der Waals surface area contributed by atoms with Crippen molar-refractivity contribution < 1.29 is 39.5 Å². The number of carbonyl (C=O) groups excluding carboxylic acids is 1. The Morgan fingerprint density at radius 1 is 1.44 bits per heavy atom. The van der Waals surface area contributed by atoms with Crippen molar-refractivity contribution in [3.05, 3.63) is 11.8 Å². The number of Topliss-reactive ketones (excluding diaryl/α,β-unsaturated/α-hetero) is 1. The van der Waals surface area contributed by atoms with Gasteiger partial charge in [-0.2, -0.15) is 0 Å². The van der Waals surface area contributed by atoms with Crippen LogP contribution in [0.5, 0.6) is 0 Å². The molecule has 9 heavy (non-hydrogen) atoms. The third kappa shape index (κ3) is 2.12. The Morgan fingerprint density at radius 3 is 2.33 bits per heavy atom. The van der Waals surface area contributed by atoms with Crippen LogP contribution in [0.2, 0.25) is 0 Å². The van der Waals surface area contributed by atoms with Gasteiger partial charge in [0.05, 0.1) is 0 Å². The van der Waals surface area contributed by atoms with Gasteiger partial charge in [-0.25, -0.2) is 0 Å². The second kappa shape index (κ2) is 4.09.